The van der Waals surface area contributed by atoms with Gasteiger partial charge in [0.25, 0.3) is 0 Å². The van der Waals surface area contributed by atoms with E-state index in [0.29, 0.717) is 11.3 Å². The smallest absolute Gasteiger partial charge is 0.131 e. The van der Waals surface area contributed by atoms with Crippen LogP contribution in [0.15, 0.2) is 18.2 Å². The number of aliphatic hydroxyl groups is 2. The molecule has 2 unspecified atom stereocenters. The number of ether oxygens (including phenoxy) is 1. The molecule has 0 aliphatic rings. The fraction of sp³-hybridized carbons (Fsp3) is 0.571. The summed E-state index contributed by atoms with van der Waals surface area (Å²) in [6.45, 7) is 4.36. The zero-order valence-electron chi connectivity index (χ0n) is 11.4. The minimum absolute atomic E-state index is 0.0566. The van der Waals surface area contributed by atoms with Gasteiger partial charge in [0.05, 0.1) is 6.61 Å². The third-order valence-corrected chi connectivity index (χ3v) is 2.79. The van der Waals surface area contributed by atoms with E-state index in [1.807, 2.05) is 6.92 Å². The predicted octanol–water partition coefficient (Wildman–Crippen LogP) is 1.62. The van der Waals surface area contributed by atoms with Crippen LogP contribution in [-0.2, 0) is 0 Å². The van der Waals surface area contributed by atoms with Crippen LogP contribution in [0.2, 0.25) is 0 Å². The Bertz CT molecular complexity index is 387. The number of benzene rings is 1. The summed E-state index contributed by atoms with van der Waals surface area (Å²) in [4.78, 5) is 0. The molecule has 0 amide bonds. The third-order valence-electron chi connectivity index (χ3n) is 2.79. The molecule has 0 aliphatic heterocycles. The zero-order valence-corrected chi connectivity index (χ0v) is 11.4. The van der Waals surface area contributed by atoms with Gasteiger partial charge in [-0.2, -0.15) is 0 Å². The maximum absolute atomic E-state index is 13.9. The van der Waals surface area contributed by atoms with E-state index >= 15 is 0 Å². The van der Waals surface area contributed by atoms with Crippen LogP contribution in [0.25, 0.3) is 0 Å². The SMILES string of the molecule is CCCNC(C)c1ccc(OCC(O)CO)cc1F. The number of aliphatic hydroxyl groups excluding tert-OH is 2. The molecule has 3 N–H and O–H groups in total. The minimum Gasteiger partial charge on any atom is -0.491 e. The first kappa shape index (κ1) is 15.9. The van der Waals surface area contributed by atoms with Gasteiger partial charge in [-0.25, -0.2) is 4.39 Å². The molecule has 0 saturated heterocycles. The molecule has 0 spiro atoms. The van der Waals surface area contributed by atoms with Crippen molar-refractivity contribution in [1.29, 1.82) is 0 Å². The summed E-state index contributed by atoms with van der Waals surface area (Å²) in [5, 5.41) is 21.0. The van der Waals surface area contributed by atoms with Crippen molar-refractivity contribution in [3.8, 4) is 5.75 Å². The highest BCUT2D eigenvalue weighted by molar-refractivity contribution is 5.30. The summed E-state index contributed by atoms with van der Waals surface area (Å²) in [7, 11) is 0. The van der Waals surface area contributed by atoms with E-state index in [4.69, 9.17) is 14.9 Å². The Kier molecular flexibility index (Phi) is 6.77. The maximum atomic E-state index is 13.9. The van der Waals surface area contributed by atoms with Crippen LogP contribution in [0.5, 0.6) is 5.75 Å². The van der Waals surface area contributed by atoms with Gasteiger partial charge in [0.2, 0.25) is 0 Å². The molecule has 0 aliphatic carbocycles. The fourth-order valence-corrected chi connectivity index (χ4v) is 1.66. The number of rotatable bonds is 8. The molecule has 1 rings (SSSR count). The van der Waals surface area contributed by atoms with Gasteiger partial charge in [-0.15, -0.1) is 0 Å². The van der Waals surface area contributed by atoms with Gasteiger partial charge in [0.1, 0.15) is 24.3 Å². The molecule has 2 atom stereocenters. The number of halogens is 1. The average molecular weight is 271 g/mol. The highest BCUT2D eigenvalue weighted by Gasteiger charge is 2.11. The van der Waals surface area contributed by atoms with E-state index < -0.39 is 6.10 Å². The van der Waals surface area contributed by atoms with E-state index in [-0.39, 0.29) is 25.1 Å². The molecule has 4 nitrogen and oxygen atoms in total. The van der Waals surface area contributed by atoms with E-state index in [9.17, 15) is 4.39 Å². The Balaban J connectivity index is 2.63. The van der Waals surface area contributed by atoms with Crippen LogP contribution in [0.1, 0.15) is 31.9 Å². The Hall–Kier alpha value is -1.17. The van der Waals surface area contributed by atoms with E-state index in [0.717, 1.165) is 13.0 Å². The summed E-state index contributed by atoms with van der Waals surface area (Å²) >= 11 is 0. The molecule has 0 fully saturated rings. The number of nitrogens with one attached hydrogen (secondary N) is 1. The Morgan fingerprint density at radius 1 is 1.42 bits per heavy atom. The first-order chi connectivity index (χ1) is 9.08. The molecule has 0 aromatic heterocycles. The predicted molar refractivity (Wildman–Crippen MR) is 71.7 cm³/mol. The lowest BCUT2D eigenvalue weighted by Gasteiger charge is -2.16. The molecule has 0 saturated carbocycles. The molecule has 0 bridgehead atoms. The summed E-state index contributed by atoms with van der Waals surface area (Å²) in [5.41, 5.74) is 0.587. The van der Waals surface area contributed by atoms with Crippen LogP contribution in [-0.4, -0.2) is 36.1 Å². The lowest BCUT2D eigenvalue weighted by atomic mass is 10.1. The van der Waals surface area contributed by atoms with Gasteiger partial charge in [-0.1, -0.05) is 13.0 Å². The fourth-order valence-electron chi connectivity index (χ4n) is 1.66. The van der Waals surface area contributed by atoms with Crippen molar-refractivity contribution in [1.82, 2.24) is 5.32 Å². The number of hydrogen-bond acceptors (Lipinski definition) is 4. The van der Waals surface area contributed by atoms with Gasteiger partial charge in [-0.05, 0) is 26.0 Å². The largest absolute Gasteiger partial charge is 0.491 e. The minimum atomic E-state index is -0.951. The summed E-state index contributed by atoms with van der Waals surface area (Å²) in [6, 6.07) is 4.57. The van der Waals surface area contributed by atoms with E-state index in [1.165, 1.54) is 6.07 Å². The maximum Gasteiger partial charge on any atom is 0.131 e. The molecule has 1 aromatic rings. The average Bonchev–Trinajstić information content (AvgIpc) is 2.42. The van der Waals surface area contributed by atoms with Crippen molar-refractivity contribution in [2.75, 3.05) is 19.8 Å². The molecule has 108 valence electrons. The molecule has 0 heterocycles. The van der Waals surface area contributed by atoms with Crippen molar-refractivity contribution >= 4 is 0 Å². The Morgan fingerprint density at radius 3 is 2.74 bits per heavy atom. The standard InChI is InChI=1S/C14H22FNO3/c1-3-6-16-10(2)13-5-4-12(7-14(13)15)19-9-11(18)8-17/h4-5,7,10-11,16-18H,3,6,8-9H2,1-2H3. The van der Waals surface area contributed by atoms with Crippen LogP contribution < -0.4 is 10.1 Å². The third kappa shape index (κ3) is 5.14. The van der Waals surface area contributed by atoms with Crippen LogP contribution in [0.4, 0.5) is 4.39 Å². The van der Waals surface area contributed by atoms with Crippen LogP contribution in [0.3, 0.4) is 0 Å². The lowest BCUT2D eigenvalue weighted by Crippen LogP contribution is -2.22. The molecule has 1 aromatic carbocycles. The van der Waals surface area contributed by atoms with Crippen molar-refractivity contribution in [2.45, 2.75) is 32.4 Å². The summed E-state index contributed by atoms with van der Waals surface area (Å²) in [6.07, 6.45) is 0.0412. The van der Waals surface area contributed by atoms with Crippen LogP contribution in [0, 0.1) is 5.82 Å². The topological polar surface area (TPSA) is 61.7 Å². The lowest BCUT2D eigenvalue weighted by molar-refractivity contribution is 0.0535. The number of hydrogen-bond donors (Lipinski definition) is 3. The first-order valence-corrected chi connectivity index (χ1v) is 6.53. The Morgan fingerprint density at radius 2 is 2.16 bits per heavy atom. The van der Waals surface area contributed by atoms with Gasteiger partial charge >= 0.3 is 0 Å². The van der Waals surface area contributed by atoms with Crippen molar-refractivity contribution in [3.63, 3.8) is 0 Å². The van der Waals surface area contributed by atoms with Crippen molar-refractivity contribution in [2.24, 2.45) is 0 Å². The van der Waals surface area contributed by atoms with Gasteiger partial charge in [0, 0.05) is 17.7 Å². The molecule has 19 heavy (non-hydrogen) atoms. The van der Waals surface area contributed by atoms with Gasteiger partial charge in [0.15, 0.2) is 0 Å². The van der Waals surface area contributed by atoms with Crippen LogP contribution >= 0.6 is 0 Å². The highest BCUT2D eigenvalue weighted by Crippen LogP contribution is 2.22. The second-order valence-corrected chi connectivity index (χ2v) is 4.51. The molecular formula is C14H22FNO3. The second-order valence-electron chi connectivity index (χ2n) is 4.51. The quantitative estimate of drug-likeness (QED) is 0.672. The van der Waals surface area contributed by atoms with E-state index in [1.54, 1.807) is 12.1 Å². The molecule has 0 radical (unpaired) electrons. The van der Waals surface area contributed by atoms with Gasteiger partial charge in [-0.3, -0.25) is 0 Å². The summed E-state index contributed by atoms with van der Waals surface area (Å²) < 4.78 is 19.1. The van der Waals surface area contributed by atoms with E-state index in [2.05, 4.69) is 12.2 Å². The second kappa shape index (κ2) is 8.09. The van der Waals surface area contributed by atoms with Gasteiger partial charge < -0.3 is 20.3 Å². The van der Waals surface area contributed by atoms with Crippen molar-refractivity contribution < 1.29 is 19.3 Å². The Labute approximate surface area is 113 Å². The normalized spacial score (nSPS) is 14.2. The summed E-state index contributed by atoms with van der Waals surface area (Å²) in [5.74, 6) is 0.00327. The van der Waals surface area contributed by atoms with Crippen molar-refractivity contribution in [3.05, 3.63) is 29.6 Å². The molecule has 5 heteroatoms. The highest BCUT2D eigenvalue weighted by atomic mass is 19.1. The monoisotopic (exact) mass is 271 g/mol. The first-order valence-electron chi connectivity index (χ1n) is 6.53. The molecular weight excluding hydrogens is 249 g/mol. The zero-order chi connectivity index (χ0) is 14.3.